The number of rotatable bonds is 3. The maximum atomic E-state index is 12.6. The van der Waals surface area contributed by atoms with Crippen LogP contribution in [0.25, 0.3) is 10.9 Å². The molecule has 1 aromatic heterocycles. The highest BCUT2D eigenvalue weighted by atomic mass is 35.5. The molecule has 3 rings (SSSR count). The predicted molar refractivity (Wildman–Crippen MR) is 87.2 cm³/mol. The smallest absolute Gasteiger partial charge is 0.182 e. The first kappa shape index (κ1) is 13.9. The molecule has 106 valence electrons. The van der Waals surface area contributed by atoms with Crippen molar-refractivity contribution in [3.63, 3.8) is 0 Å². The highest BCUT2D eigenvalue weighted by Gasteiger charge is 2.12. The lowest BCUT2D eigenvalue weighted by Crippen LogP contribution is -2.11. The number of hydrogen-bond acceptors (Lipinski definition) is 1. The van der Waals surface area contributed by atoms with Gasteiger partial charge >= 0.3 is 0 Å². The molecule has 0 saturated carbocycles. The summed E-state index contributed by atoms with van der Waals surface area (Å²) in [6.45, 7) is 4.30. The summed E-state index contributed by atoms with van der Waals surface area (Å²) >= 11 is 6.17. The van der Waals surface area contributed by atoms with Crippen LogP contribution in [0, 0.1) is 13.8 Å². The molecule has 21 heavy (non-hydrogen) atoms. The lowest BCUT2D eigenvalue weighted by Gasteiger charge is -2.08. The van der Waals surface area contributed by atoms with Gasteiger partial charge in [0.05, 0.1) is 6.54 Å². The Balaban J connectivity index is 1.97. The molecule has 3 aromatic rings. The number of nitrogens with zero attached hydrogens (tertiary/aromatic N) is 1. The van der Waals surface area contributed by atoms with Crippen molar-refractivity contribution in [2.24, 2.45) is 0 Å². The molecule has 2 nitrogen and oxygen atoms in total. The maximum absolute atomic E-state index is 12.6. The molecule has 0 aliphatic rings. The van der Waals surface area contributed by atoms with Crippen LogP contribution in [0.15, 0.2) is 48.7 Å². The number of aromatic nitrogens is 1. The van der Waals surface area contributed by atoms with Crippen LogP contribution in [0.2, 0.25) is 5.02 Å². The number of carbonyl (C=O) groups is 1. The fraction of sp³-hybridized carbons (Fsp3) is 0.167. The van der Waals surface area contributed by atoms with Crippen molar-refractivity contribution < 1.29 is 4.79 Å². The van der Waals surface area contributed by atoms with Crippen molar-refractivity contribution in [2.45, 2.75) is 20.4 Å². The fourth-order valence-electron chi connectivity index (χ4n) is 2.60. The second-order valence-corrected chi connectivity index (χ2v) is 5.77. The maximum Gasteiger partial charge on any atom is 0.182 e. The average Bonchev–Trinajstić information content (AvgIpc) is 2.86. The van der Waals surface area contributed by atoms with E-state index in [1.165, 1.54) is 0 Å². The van der Waals surface area contributed by atoms with Crippen molar-refractivity contribution in [1.29, 1.82) is 0 Å². The van der Waals surface area contributed by atoms with E-state index in [2.05, 4.69) is 0 Å². The van der Waals surface area contributed by atoms with E-state index in [1.54, 1.807) is 0 Å². The standard InChI is InChI=1S/C18H16ClNO/c1-12-6-7-13(2)15(10-12)18(21)11-20-9-8-14-16(19)4-3-5-17(14)20/h3-10H,11H2,1-2H3. The number of hydrogen-bond donors (Lipinski definition) is 0. The largest absolute Gasteiger partial charge is 0.340 e. The molecular weight excluding hydrogens is 282 g/mol. The third kappa shape index (κ3) is 2.59. The molecule has 0 amide bonds. The van der Waals surface area contributed by atoms with Gasteiger partial charge in [-0.05, 0) is 43.7 Å². The van der Waals surface area contributed by atoms with Crippen molar-refractivity contribution in [3.05, 3.63) is 70.4 Å². The summed E-state index contributed by atoms with van der Waals surface area (Å²) < 4.78 is 1.95. The molecule has 3 heteroatoms. The number of halogens is 1. The predicted octanol–water partition coefficient (Wildman–Crippen LogP) is 4.79. The van der Waals surface area contributed by atoms with Gasteiger partial charge in [0.1, 0.15) is 0 Å². The minimum absolute atomic E-state index is 0.119. The Kier molecular flexibility index (Phi) is 3.56. The highest BCUT2D eigenvalue weighted by molar-refractivity contribution is 6.35. The summed E-state index contributed by atoms with van der Waals surface area (Å²) in [5.41, 5.74) is 3.89. The van der Waals surface area contributed by atoms with Gasteiger partial charge < -0.3 is 4.57 Å². The van der Waals surface area contributed by atoms with Gasteiger partial charge in [0.2, 0.25) is 0 Å². The molecule has 0 unspecified atom stereocenters. The second-order valence-electron chi connectivity index (χ2n) is 5.36. The first-order chi connectivity index (χ1) is 10.1. The highest BCUT2D eigenvalue weighted by Crippen LogP contribution is 2.24. The van der Waals surface area contributed by atoms with Crippen LogP contribution in [0.1, 0.15) is 21.5 Å². The minimum Gasteiger partial charge on any atom is -0.340 e. The number of carbonyl (C=O) groups excluding carboxylic acids is 1. The molecule has 0 bridgehead atoms. The van der Waals surface area contributed by atoms with Gasteiger partial charge in [-0.3, -0.25) is 4.79 Å². The first-order valence-electron chi connectivity index (χ1n) is 6.90. The van der Waals surface area contributed by atoms with Crippen LogP contribution >= 0.6 is 11.6 Å². The van der Waals surface area contributed by atoms with Gasteiger partial charge in [0.25, 0.3) is 0 Å². The van der Waals surface area contributed by atoms with Crippen molar-refractivity contribution in [1.82, 2.24) is 4.57 Å². The molecule has 0 aliphatic carbocycles. The Morgan fingerprint density at radius 2 is 1.95 bits per heavy atom. The van der Waals surface area contributed by atoms with Gasteiger partial charge in [0, 0.05) is 27.7 Å². The second kappa shape index (κ2) is 5.38. The molecule has 0 N–H and O–H groups in total. The average molecular weight is 298 g/mol. The van der Waals surface area contributed by atoms with Gasteiger partial charge in [0.15, 0.2) is 5.78 Å². The van der Waals surface area contributed by atoms with E-state index >= 15 is 0 Å². The Hall–Kier alpha value is -2.06. The Bertz CT molecular complexity index is 832. The normalized spacial score (nSPS) is 11.0. The van der Waals surface area contributed by atoms with Crippen LogP contribution in [0.3, 0.4) is 0 Å². The van der Waals surface area contributed by atoms with Crippen molar-refractivity contribution in [3.8, 4) is 0 Å². The minimum atomic E-state index is 0.119. The first-order valence-corrected chi connectivity index (χ1v) is 7.28. The number of ketones is 1. The Morgan fingerprint density at radius 3 is 2.76 bits per heavy atom. The molecule has 0 spiro atoms. The van der Waals surface area contributed by atoms with Crippen LogP contribution in [0.4, 0.5) is 0 Å². The third-order valence-electron chi connectivity index (χ3n) is 3.77. The van der Waals surface area contributed by atoms with E-state index in [1.807, 2.05) is 67.1 Å². The quantitative estimate of drug-likeness (QED) is 0.637. The van der Waals surface area contributed by atoms with Crippen LogP contribution in [0.5, 0.6) is 0 Å². The zero-order valence-corrected chi connectivity index (χ0v) is 12.8. The molecule has 0 fully saturated rings. The lowest BCUT2D eigenvalue weighted by atomic mass is 10.0. The van der Waals surface area contributed by atoms with Crippen LogP contribution < -0.4 is 0 Å². The molecule has 0 radical (unpaired) electrons. The Labute approximate surface area is 129 Å². The SMILES string of the molecule is Cc1ccc(C)c(C(=O)Cn2ccc3c(Cl)cccc32)c1. The number of fused-ring (bicyclic) bond motifs is 1. The summed E-state index contributed by atoms with van der Waals surface area (Å²) in [4.78, 5) is 12.6. The van der Waals surface area contributed by atoms with Crippen LogP contribution in [-0.4, -0.2) is 10.4 Å². The van der Waals surface area contributed by atoms with Gasteiger partial charge in [-0.25, -0.2) is 0 Å². The van der Waals surface area contributed by atoms with Crippen molar-refractivity contribution >= 4 is 28.3 Å². The van der Waals surface area contributed by atoms with Gasteiger partial charge in [-0.15, -0.1) is 0 Å². The van der Waals surface area contributed by atoms with E-state index in [0.29, 0.717) is 11.6 Å². The third-order valence-corrected chi connectivity index (χ3v) is 4.10. The topological polar surface area (TPSA) is 22.0 Å². The van der Waals surface area contributed by atoms with E-state index in [-0.39, 0.29) is 5.78 Å². The summed E-state index contributed by atoms with van der Waals surface area (Å²) in [7, 11) is 0. The zero-order valence-electron chi connectivity index (χ0n) is 12.1. The van der Waals surface area contributed by atoms with E-state index in [4.69, 9.17) is 11.6 Å². The molecule has 0 aliphatic heterocycles. The molecule has 1 heterocycles. The number of aryl methyl sites for hydroxylation is 2. The van der Waals surface area contributed by atoms with Crippen molar-refractivity contribution in [2.75, 3.05) is 0 Å². The summed E-state index contributed by atoms with van der Waals surface area (Å²) in [5, 5.41) is 1.69. The summed E-state index contributed by atoms with van der Waals surface area (Å²) in [5.74, 6) is 0.119. The monoisotopic (exact) mass is 297 g/mol. The zero-order chi connectivity index (χ0) is 15.0. The number of benzene rings is 2. The molecule has 0 saturated heterocycles. The van der Waals surface area contributed by atoms with Gasteiger partial charge in [-0.1, -0.05) is 35.4 Å². The summed E-state index contributed by atoms with van der Waals surface area (Å²) in [6.07, 6.45) is 1.92. The van der Waals surface area contributed by atoms with E-state index < -0.39 is 0 Å². The Morgan fingerprint density at radius 1 is 1.14 bits per heavy atom. The fourth-order valence-corrected chi connectivity index (χ4v) is 2.83. The van der Waals surface area contributed by atoms with E-state index in [9.17, 15) is 4.79 Å². The molecule has 2 aromatic carbocycles. The van der Waals surface area contributed by atoms with Gasteiger partial charge in [-0.2, -0.15) is 0 Å². The number of Topliss-reactive ketones (excluding diaryl/α,β-unsaturated/α-hetero) is 1. The van der Waals surface area contributed by atoms with E-state index in [0.717, 1.165) is 27.6 Å². The lowest BCUT2D eigenvalue weighted by molar-refractivity contribution is 0.0973. The summed E-state index contributed by atoms with van der Waals surface area (Å²) in [6, 6.07) is 13.7. The molecular formula is C18H16ClNO. The van der Waals surface area contributed by atoms with Crippen LogP contribution in [-0.2, 0) is 6.54 Å². The molecule has 0 atom stereocenters.